The summed E-state index contributed by atoms with van der Waals surface area (Å²) in [5.74, 6) is 0. The minimum atomic E-state index is 1.08. The van der Waals surface area contributed by atoms with Gasteiger partial charge in [-0.15, -0.1) is 0 Å². The van der Waals surface area contributed by atoms with Crippen molar-refractivity contribution in [3.63, 3.8) is 0 Å². The van der Waals surface area contributed by atoms with Gasteiger partial charge in [0.05, 0.1) is 0 Å². The number of nitrogens with zero attached hydrogens (tertiary/aromatic N) is 1. The van der Waals surface area contributed by atoms with Crippen LogP contribution in [0.2, 0.25) is 0 Å². The Bertz CT molecular complexity index is 3590. The molecule has 0 aromatic heterocycles. The van der Waals surface area contributed by atoms with E-state index in [0.717, 1.165) is 22.6 Å². The Labute approximate surface area is 379 Å². The highest BCUT2D eigenvalue weighted by Crippen LogP contribution is 2.46. The first-order valence-corrected chi connectivity index (χ1v) is 22.4. The van der Waals surface area contributed by atoms with E-state index in [1.807, 2.05) is 0 Å². The Morgan fingerprint density at radius 1 is 0.185 bits per heavy atom. The molecule has 0 atom stereocenters. The van der Waals surface area contributed by atoms with Crippen LogP contribution in [0.4, 0.5) is 17.1 Å². The zero-order valence-electron chi connectivity index (χ0n) is 35.8. The quantitative estimate of drug-likeness (QED) is 0.138. The normalized spacial score (nSPS) is 11.4. The first kappa shape index (κ1) is 38.2. The summed E-state index contributed by atoms with van der Waals surface area (Å²) < 4.78 is 0. The molecule has 12 rings (SSSR count). The number of anilines is 3. The molecule has 0 spiro atoms. The number of fused-ring (bicyclic) bond motifs is 5. The van der Waals surface area contributed by atoms with E-state index in [1.54, 1.807) is 0 Å². The largest absolute Gasteiger partial charge is 0.310 e. The van der Waals surface area contributed by atoms with Crippen LogP contribution < -0.4 is 4.90 Å². The molecule has 0 amide bonds. The lowest BCUT2D eigenvalue weighted by atomic mass is 9.84. The fourth-order valence-electron chi connectivity index (χ4n) is 9.84. The highest BCUT2D eigenvalue weighted by atomic mass is 15.1. The summed E-state index contributed by atoms with van der Waals surface area (Å²) in [6, 6.07) is 95.4. The molecule has 1 heteroatoms. The maximum absolute atomic E-state index is 2.42. The zero-order valence-corrected chi connectivity index (χ0v) is 35.8. The van der Waals surface area contributed by atoms with E-state index >= 15 is 0 Å². The van der Waals surface area contributed by atoms with Gasteiger partial charge in [0.25, 0.3) is 0 Å². The van der Waals surface area contributed by atoms with Crippen molar-refractivity contribution in [2.45, 2.75) is 0 Å². The molecule has 12 aromatic rings. The molecule has 0 aliphatic carbocycles. The predicted octanol–water partition coefficient (Wildman–Crippen LogP) is 18.1. The van der Waals surface area contributed by atoms with Gasteiger partial charge in [-0.25, -0.2) is 0 Å². The van der Waals surface area contributed by atoms with Gasteiger partial charge in [-0.3, -0.25) is 0 Å². The summed E-state index contributed by atoms with van der Waals surface area (Å²) in [6.07, 6.45) is 0. The molecule has 304 valence electrons. The Hall–Kier alpha value is -8.52. The number of benzene rings is 12. The van der Waals surface area contributed by atoms with E-state index in [2.05, 4.69) is 266 Å². The Morgan fingerprint density at radius 3 is 1.05 bits per heavy atom. The van der Waals surface area contributed by atoms with Crippen LogP contribution in [-0.2, 0) is 0 Å². The minimum Gasteiger partial charge on any atom is -0.310 e. The van der Waals surface area contributed by atoms with Crippen LogP contribution in [0.25, 0.3) is 98.7 Å². The standard InChI is InChI=1S/C64H43N/c1-3-18-46(19-4-1)63-61-31-12-11-30-59(61)60-37-36-55(43-62(60)64(63)47-20-5-2-6-21-47)52-26-15-29-58(42-52)65(56-27-13-24-50(40-56)53-34-32-44-16-7-9-22-48(44)38-53)57-28-14-25-51(41-57)54-35-33-45-17-8-10-23-49(45)39-54/h1-43H. The third-order valence-electron chi connectivity index (χ3n) is 13.0. The van der Waals surface area contributed by atoms with Crippen molar-refractivity contribution < 1.29 is 0 Å². The van der Waals surface area contributed by atoms with Gasteiger partial charge < -0.3 is 4.90 Å². The lowest BCUT2D eigenvalue weighted by Crippen LogP contribution is -2.10. The maximum Gasteiger partial charge on any atom is 0.0467 e. The van der Waals surface area contributed by atoms with Gasteiger partial charge in [0.1, 0.15) is 0 Å². The van der Waals surface area contributed by atoms with Crippen LogP contribution in [0, 0.1) is 0 Å². The molecule has 0 heterocycles. The number of rotatable bonds is 8. The predicted molar refractivity (Wildman–Crippen MR) is 278 cm³/mol. The Kier molecular flexibility index (Phi) is 9.58. The van der Waals surface area contributed by atoms with Gasteiger partial charge in [0.2, 0.25) is 0 Å². The van der Waals surface area contributed by atoms with Crippen molar-refractivity contribution in [3.8, 4) is 55.6 Å². The molecule has 1 nitrogen and oxygen atoms in total. The summed E-state index contributed by atoms with van der Waals surface area (Å²) >= 11 is 0. The molecule has 0 aliphatic heterocycles. The molecule has 0 saturated heterocycles. The van der Waals surface area contributed by atoms with Crippen molar-refractivity contribution >= 4 is 60.2 Å². The lowest BCUT2D eigenvalue weighted by Gasteiger charge is -2.27. The SMILES string of the molecule is c1ccc(-c2c(-c3ccccc3)c3cc(-c4cccc(N(c5cccc(-c6ccc7ccccc7c6)c5)c5cccc(-c6ccc7ccccc7c6)c5)c4)ccc3c3ccccc23)cc1. The number of hydrogen-bond acceptors (Lipinski definition) is 1. The van der Waals surface area contributed by atoms with Gasteiger partial charge in [-0.05, 0) is 153 Å². The molecule has 0 N–H and O–H groups in total. The van der Waals surface area contributed by atoms with E-state index in [-0.39, 0.29) is 0 Å². The molecule has 0 aliphatic rings. The van der Waals surface area contributed by atoms with Crippen LogP contribution >= 0.6 is 0 Å². The van der Waals surface area contributed by atoms with Crippen molar-refractivity contribution in [1.82, 2.24) is 0 Å². The topological polar surface area (TPSA) is 3.24 Å². The summed E-state index contributed by atoms with van der Waals surface area (Å²) in [5.41, 5.74) is 15.2. The maximum atomic E-state index is 2.42. The molecule has 0 fully saturated rings. The second kappa shape index (κ2) is 16.3. The van der Waals surface area contributed by atoms with Gasteiger partial charge >= 0.3 is 0 Å². The Balaban J connectivity index is 1.04. The van der Waals surface area contributed by atoms with Crippen molar-refractivity contribution in [2.24, 2.45) is 0 Å². The highest BCUT2D eigenvalue weighted by molar-refractivity contribution is 6.22. The summed E-state index contributed by atoms with van der Waals surface area (Å²) in [4.78, 5) is 2.41. The smallest absolute Gasteiger partial charge is 0.0467 e. The molecule has 0 unspecified atom stereocenters. The lowest BCUT2D eigenvalue weighted by molar-refractivity contribution is 1.28. The fraction of sp³-hybridized carbons (Fsp3) is 0. The molecule has 0 saturated carbocycles. The molecule has 65 heavy (non-hydrogen) atoms. The van der Waals surface area contributed by atoms with Crippen LogP contribution in [0.15, 0.2) is 261 Å². The highest BCUT2D eigenvalue weighted by Gasteiger charge is 2.20. The molecule has 0 bridgehead atoms. The summed E-state index contributed by atoms with van der Waals surface area (Å²) in [7, 11) is 0. The van der Waals surface area contributed by atoms with Crippen LogP contribution in [0.1, 0.15) is 0 Å². The van der Waals surface area contributed by atoms with E-state index in [4.69, 9.17) is 0 Å². The monoisotopic (exact) mass is 825 g/mol. The summed E-state index contributed by atoms with van der Waals surface area (Å²) in [6.45, 7) is 0. The first-order chi connectivity index (χ1) is 32.2. The first-order valence-electron chi connectivity index (χ1n) is 22.4. The van der Waals surface area contributed by atoms with Gasteiger partial charge in [-0.1, -0.05) is 206 Å². The van der Waals surface area contributed by atoms with Crippen molar-refractivity contribution in [2.75, 3.05) is 4.90 Å². The van der Waals surface area contributed by atoms with Crippen LogP contribution in [-0.4, -0.2) is 0 Å². The number of hydrogen-bond donors (Lipinski definition) is 0. The molecule has 0 radical (unpaired) electrons. The fourth-order valence-corrected chi connectivity index (χ4v) is 9.84. The van der Waals surface area contributed by atoms with Gasteiger partial charge in [0.15, 0.2) is 0 Å². The van der Waals surface area contributed by atoms with E-state index < -0.39 is 0 Å². The zero-order chi connectivity index (χ0) is 43.1. The van der Waals surface area contributed by atoms with Crippen LogP contribution in [0.3, 0.4) is 0 Å². The van der Waals surface area contributed by atoms with E-state index in [9.17, 15) is 0 Å². The third-order valence-corrected chi connectivity index (χ3v) is 13.0. The van der Waals surface area contributed by atoms with Gasteiger partial charge in [-0.2, -0.15) is 0 Å². The minimum absolute atomic E-state index is 1.08. The van der Waals surface area contributed by atoms with E-state index in [0.29, 0.717) is 0 Å². The van der Waals surface area contributed by atoms with Gasteiger partial charge in [0, 0.05) is 17.1 Å². The Morgan fingerprint density at radius 2 is 0.538 bits per heavy atom. The van der Waals surface area contributed by atoms with Crippen molar-refractivity contribution in [3.05, 3.63) is 261 Å². The average Bonchev–Trinajstić information content (AvgIpc) is 3.38. The van der Waals surface area contributed by atoms with Crippen molar-refractivity contribution in [1.29, 1.82) is 0 Å². The van der Waals surface area contributed by atoms with E-state index in [1.165, 1.54) is 93.2 Å². The molecule has 12 aromatic carbocycles. The third kappa shape index (κ3) is 7.10. The van der Waals surface area contributed by atoms with Crippen LogP contribution in [0.5, 0.6) is 0 Å². The second-order valence-corrected chi connectivity index (χ2v) is 16.9. The average molecular weight is 826 g/mol. The second-order valence-electron chi connectivity index (χ2n) is 16.9. The molecular formula is C64H43N. The summed E-state index contributed by atoms with van der Waals surface area (Å²) in [5, 5.41) is 9.94. The molecular weight excluding hydrogens is 783 g/mol.